The molecule has 1 saturated heterocycles. The SMILES string of the molecule is CN1C(=O)C2(CCCN(C(=O)c3cc(-c4ccccc4)on3)C2)c2ccccc21. The zero-order valence-corrected chi connectivity index (χ0v) is 16.2. The molecule has 29 heavy (non-hydrogen) atoms. The standard InChI is InChI=1S/C23H21N3O3/c1-25-19-11-6-5-10-17(19)23(22(25)28)12-7-13-26(15-23)21(27)18-14-20(29-24-18)16-8-3-2-4-9-16/h2-6,8-11,14H,7,12-13,15H2,1H3. The van der Waals surface area contributed by atoms with Gasteiger partial charge in [-0.15, -0.1) is 0 Å². The number of piperidine rings is 1. The first-order chi connectivity index (χ1) is 14.1. The summed E-state index contributed by atoms with van der Waals surface area (Å²) in [7, 11) is 1.81. The number of benzene rings is 2. The Balaban J connectivity index is 1.44. The molecule has 6 nitrogen and oxygen atoms in total. The van der Waals surface area contributed by atoms with Crippen LogP contribution in [0, 0.1) is 0 Å². The quantitative estimate of drug-likeness (QED) is 0.675. The minimum atomic E-state index is -0.675. The van der Waals surface area contributed by atoms with Crippen LogP contribution in [-0.4, -0.2) is 42.0 Å². The molecule has 2 aliphatic heterocycles. The molecule has 2 amide bonds. The number of hydrogen-bond donors (Lipinski definition) is 0. The lowest BCUT2D eigenvalue weighted by Crippen LogP contribution is -2.53. The molecule has 6 heteroatoms. The van der Waals surface area contributed by atoms with Crippen LogP contribution in [0.4, 0.5) is 5.69 Å². The van der Waals surface area contributed by atoms with Gasteiger partial charge in [-0.1, -0.05) is 53.7 Å². The molecule has 1 unspecified atom stereocenters. The van der Waals surface area contributed by atoms with Crippen molar-refractivity contribution in [2.75, 3.05) is 25.0 Å². The summed E-state index contributed by atoms with van der Waals surface area (Å²) in [5.74, 6) is 0.416. The van der Waals surface area contributed by atoms with Crippen LogP contribution < -0.4 is 4.90 Å². The number of rotatable bonds is 2. The Morgan fingerprint density at radius 1 is 1.10 bits per heavy atom. The van der Waals surface area contributed by atoms with E-state index in [1.807, 2.05) is 54.6 Å². The van der Waals surface area contributed by atoms with Gasteiger partial charge in [0.25, 0.3) is 5.91 Å². The molecule has 0 bridgehead atoms. The summed E-state index contributed by atoms with van der Waals surface area (Å²) in [5, 5.41) is 4.00. The third kappa shape index (κ3) is 2.67. The molecule has 0 saturated carbocycles. The van der Waals surface area contributed by atoms with E-state index in [1.165, 1.54) is 0 Å². The minimum Gasteiger partial charge on any atom is -0.355 e. The molecule has 0 N–H and O–H groups in total. The lowest BCUT2D eigenvalue weighted by Gasteiger charge is -2.39. The summed E-state index contributed by atoms with van der Waals surface area (Å²) < 4.78 is 5.40. The van der Waals surface area contributed by atoms with Crippen LogP contribution in [0.15, 0.2) is 65.2 Å². The molecule has 1 spiro atoms. The number of aromatic nitrogens is 1. The molecule has 1 fully saturated rings. The molecule has 146 valence electrons. The summed E-state index contributed by atoms with van der Waals surface area (Å²) in [6.07, 6.45) is 1.51. The molecule has 1 atom stereocenters. The van der Waals surface area contributed by atoms with Crippen LogP contribution in [0.25, 0.3) is 11.3 Å². The minimum absolute atomic E-state index is 0.0568. The number of likely N-dealkylation sites (N-methyl/N-ethyl adjacent to an activating group) is 1. The summed E-state index contributed by atoms with van der Waals surface area (Å²) in [4.78, 5) is 29.8. The molecule has 0 aliphatic carbocycles. The summed E-state index contributed by atoms with van der Waals surface area (Å²) in [6.45, 7) is 0.965. The maximum atomic E-state index is 13.2. The lowest BCUT2D eigenvalue weighted by atomic mass is 9.75. The number of hydrogen-bond acceptors (Lipinski definition) is 4. The predicted octanol–water partition coefficient (Wildman–Crippen LogP) is 3.49. The fourth-order valence-corrected chi connectivity index (χ4v) is 4.62. The highest BCUT2D eigenvalue weighted by Crippen LogP contribution is 2.46. The van der Waals surface area contributed by atoms with E-state index in [2.05, 4.69) is 5.16 Å². The molecule has 5 rings (SSSR count). The molecule has 2 aromatic carbocycles. The topological polar surface area (TPSA) is 66.7 Å². The largest absolute Gasteiger partial charge is 0.355 e. The van der Waals surface area contributed by atoms with Gasteiger partial charge in [-0.3, -0.25) is 9.59 Å². The number of carbonyl (C=O) groups excluding carboxylic acids is 2. The first kappa shape index (κ1) is 17.7. The summed E-state index contributed by atoms with van der Waals surface area (Å²) in [5.41, 5.74) is 2.41. The second-order valence-electron chi connectivity index (χ2n) is 7.74. The van der Waals surface area contributed by atoms with Crippen molar-refractivity contribution in [2.24, 2.45) is 0 Å². The zero-order valence-electron chi connectivity index (χ0n) is 16.2. The maximum absolute atomic E-state index is 13.2. The summed E-state index contributed by atoms with van der Waals surface area (Å²) >= 11 is 0. The highest BCUT2D eigenvalue weighted by molar-refractivity contribution is 6.08. The number of fused-ring (bicyclic) bond motifs is 2. The molecule has 3 heterocycles. The number of anilines is 1. The average molecular weight is 387 g/mol. The Hall–Kier alpha value is -3.41. The van der Waals surface area contributed by atoms with E-state index in [0.717, 1.165) is 29.7 Å². The van der Waals surface area contributed by atoms with E-state index in [-0.39, 0.29) is 17.5 Å². The smallest absolute Gasteiger partial charge is 0.276 e. The van der Waals surface area contributed by atoms with Crippen LogP contribution >= 0.6 is 0 Å². The van der Waals surface area contributed by atoms with Crippen molar-refractivity contribution in [3.8, 4) is 11.3 Å². The van der Waals surface area contributed by atoms with Crippen LogP contribution in [0.2, 0.25) is 0 Å². The van der Waals surface area contributed by atoms with Gasteiger partial charge >= 0.3 is 0 Å². The second kappa shape index (κ2) is 6.58. The van der Waals surface area contributed by atoms with E-state index in [0.29, 0.717) is 18.8 Å². The third-order valence-corrected chi connectivity index (χ3v) is 6.06. The van der Waals surface area contributed by atoms with E-state index in [4.69, 9.17) is 4.52 Å². The van der Waals surface area contributed by atoms with Gasteiger partial charge in [0.1, 0.15) is 0 Å². The van der Waals surface area contributed by atoms with Gasteiger partial charge < -0.3 is 14.3 Å². The number of likely N-dealkylation sites (tertiary alicyclic amines) is 1. The second-order valence-corrected chi connectivity index (χ2v) is 7.74. The van der Waals surface area contributed by atoms with Crippen molar-refractivity contribution in [3.05, 3.63) is 71.9 Å². The molecule has 0 radical (unpaired) electrons. The molecule has 2 aliphatic rings. The van der Waals surface area contributed by atoms with Gasteiger partial charge in [0.15, 0.2) is 11.5 Å². The van der Waals surface area contributed by atoms with E-state index < -0.39 is 5.41 Å². The Morgan fingerprint density at radius 2 is 1.86 bits per heavy atom. The van der Waals surface area contributed by atoms with Crippen LogP contribution in [0.1, 0.15) is 28.9 Å². The predicted molar refractivity (Wildman–Crippen MR) is 109 cm³/mol. The lowest BCUT2D eigenvalue weighted by molar-refractivity contribution is -0.124. The van der Waals surface area contributed by atoms with Gasteiger partial charge in [0.05, 0.1) is 5.41 Å². The van der Waals surface area contributed by atoms with Gasteiger partial charge in [0, 0.05) is 37.5 Å². The van der Waals surface area contributed by atoms with Crippen molar-refractivity contribution >= 4 is 17.5 Å². The number of nitrogens with zero attached hydrogens (tertiary/aromatic N) is 3. The normalized spacial score (nSPS) is 20.9. The monoisotopic (exact) mass is 387 g/mol. The Kier molecular flexibility index (Phi) is 4.01. The molecule has 3 aromatic rings. The average Bonchev–Trinajstić information content (AvgIpc) is 3.34. The molecular formula is C23H21N3O3. The number of para-hydroxylation sites is 1. The number of amides is 2. The van der Waals surface area contributed by atoms with Gasteiger partial charge in [-0.05, 0) is 24.5 Å². The Morgan fingerprint density at radius 3 is 2.69 bits per heavy atom. The van der Waals surface area contributed by atoms with E-state index in [9.17, 15) is 9.59 Å². The van der Waals surface area contributed by atoms with Crippen LogP contribution in [0.3, 0.4) is 0 Å². The Bertz CT molecular complexity index is 1090. The fraction of sp³-hybridized carbons (Fsp3) is 0.261. The number of carbonyl (C=O) groups is 2. The zero-order chi connectivity index (χ0) is 20.0. The van der Waals surface area contributed by atoms with Gasteiger partial charge in [-0.2, -0.15) is 0 Å². The van der Waals surface area contributed by atoms with Crippen molar-refractivity contribution in [1.82, 2.24) is 10.1 Å². The highest BCUT2D eigenvalue weighted by atomic mass is 16.5. The Labute approximate surface area is 168 Å². The van der Waals surface area contributed by atoms with Crippen molar-refractivity contribution < 1.29 is 14.1 Å². The van der Waals surface area contributed by atoms with E-state index >= 15 is 0 Å². The molecular weight excluding hydrogens is 366 g/mol. The first-order valence-electron chi connectivity index (χ1n) is 9.79. The molecule has 1 aromatic heterocycles. The van der Waals surface area contributed by atoms with Crippen molar-refractivity contribution in [2.45, 2.75) is 18.3 Å². The van der Waals surface area contributed by atoms with Crippen molar-refractivity contribution in [3.63, 3.8) is 0 Å². The van der Waals surface area contributed by atoms with Gasteiger partial charge in [-0.25, -0.2) is 0 Å². The summed E-state index contributed by atoms with van der Waals surface area (Å²) in [6, 6.07) is 19.1. The van der Waals surface area contributed by atoms with Crippen LogP contribution in [0.5, 0.6) is 0 Å². The highest BCUT2D eigenvalue weighted by Gasteiger charge is 2.52. The van der Waals surface area contributed by atoms with Crippen LogP contribution in [-0.2, 0) is 10.2 Å². The van der Waals surface area contributed by atoms with Crippen molar-refractivity contribution in [1.29, 1.82) is 0 Å². The fourth-order valence-electron chi connectivity index (χ4n) is 4.62. The third-order valence-electron chi connectivity index (χ3n) is 6.06. The van der Waals surface area contributed by atoms with E-state index in [1.54, 1.807) is 22.9 Å². The van der Waals surface area contributed by atoms with Gasteiger partial charge in [0.2, 0.25) is 5.91 Å². The maximum Gasteiger partial charge on any atom is 0.276 e. The first-order valence-corrected chi connectivity index (χ1v) is 9.79.